The summed E-state index contributed by atoms with van der Waals surface area (Å²) in [5, 5.41) is 3.06. The van der Waals surface area contributed by atoms with Gasteiger partial charge in [0.1, 0.15) is 12.4 Å². The van der Waals surface area contributed by atoms with Crippen molar-refractivity contribution in [2.45, 2.75) is 19.4 Å². The van der Waals surface area contributed by atoms with Crippen molar-refractivity contribution in [2.75, 3.05) is 18.4 Å². The third kappa shape index (κ3) is 4.98. The van der Waals surface area contributed by atoms with Crippen molar-refractivity contribution in [3.63, 3.8) is 0 Å². The van der Waals surface area contributed by atoms with Gasteiger partial charge in [0, 0.05) is 24.3 Å². The van der Waals surface area contributed by atoms with Gasteiger partial charge in [-0.25, -0.2) is 9.18 Å². The molecule has 1 aliphatic heterocycles. The molecule has 0 radical (unpaired) electrons. The maximum absolute atomic E-state index is 13.7. The van der Waals surface area contributed by atoms with Crippen molar-refractivity contribution in [3.05, 3.63) is 64.9 Å². The third-order valence-corrected chi connectivity index (χ3v) is 4.92. The standard InChI is InChI=1S/C20H20ClFN2O3/c21-17-7-4-8-18(22)16(17)13-27-19(25)14-9-11-24(12-10-14)20(26)23-15-5-2-1-3-6-15/h1-8,14H,9-13H2,(H,23,26). The first-order chi connectivity index (χ1) is 13.0. The summed E-state index contributed by atoms with van der Waals surface area (Å²) in [6.45, 7) is 0.719. The van der Waals surface area contributed by atoms with E-state index in [2.05, 4.69) is 5.32 Å². The topological polar surface area (TPSA) is 58.6 Å². The third-order valence-electron chi connectivity index (χ3n) is 4.56. The summed E-state index contributed by atoms with van der Waals surface area (Å²) >= 11 is 5.94. The van der Waals surface area contributed by atoms with Gasteiger partial charge in [-0.15, -0.1) is 0 Å². The van der Waals surface area contributed by atoms with Crippen LogP contribution in [-0.4, -0.2) is 30.0 Å². The number of nitrogens with one attached hydrogen (secondary N) is 1. The Morgan fingerprint density at radius 3 is 2.48 bits per heavy atom. The number of urea groups is 1. The number of rotatable bonds is 4. The zero-order valence-electron chi connectivity index (χ0n) is 14.7. The van der Waals surface area contributed by atoms with E-state index in [-0.39, 0.29) is 29.1 Å². The maximum Gasteiger partial charge on any atom is 0.321 e. The van der Waals surface area contributed by atoms with Gasteiger partial charge in [-0.2, -0.15) is 0 Å². The predicted octanol–water partition coefficient (Wildman–Crippen LogP) is 4.47. The number of carbonyl (C=O) groups excluding carboxylic acids is 2. The minimum absolute atomic E-state index is 0.173. The Balaban J connectivity index is 1.47. The molecular weight excluding hydrogens is 371 g/mol. The first kappa shape index (κ1) is 19.2. The lowest BCUT2D eigenvalue weighted by Crippen LogP contribution is -2.42. The fourth-order valence-electron chi connectivity index (χ4n) is 2.97. The first-order valence-corrected chi connectivity index (χ1v) is 9.13. The van der Waals surface area contributed by atoms with Gasteiger partial charge in [-0.3, -0.25) is 4.79 Å². The molecule has 3 rings (SSSR count). The van der Waals surface area contributed by atoms with Crippen LogP contribution in [-0.2, 0) is 16.1 Å². The molecule has 1 aliphatic rings. The Hall–Kier alpha value is -2.60. The minimum atomic E-state index is -0.497. The van der Waals surface area contributed by atoms with Gasteiger partial charge < -0.3 is 15.0 Å². The van der Waals surface area contributed by atoms with Crippen LogP contribution >= 0.6 is 11.6 Å². The Labute approximate surface area is 162 Å². The molecule has 0 atom stereocenters. The quantitative estimate of drug-likeness (QED) is 0.784. The molecule has 0 bridgehead atoms. The second-order valence-electron chi connectivity index (χ2n) is 6.37. The number of carbonyl (C=O) groups is 2. The number of hydrogen-bond donors (Lipinski definition) is 1. The minimum Gasteiger partial charge on any atom is -0.460 e. The number of nitrogens with zero attached hydrogens (tertiary/aromatic N) is 1. The number of para-hydroxylation sites is 1. The summed E-state index contributed by atoms with van der Waals surface area (Å²) in [6.07, 6.45) is 1.01. The number of esters is 1. The average Bonchev–Trinajstić information content (AvgIpc) is 2.68. The summed E-state index contributed by atoms with van der Waals surface area (Å²) in [4.78, 5) is 26.2. The van der Waals surface area contributed by atoms with Crippen LogP contribution in [0, 0.1) is 11.7 Å². The van der Waals surface area contributed by atoms with Gasteiger partial charge in [-0.1, -0.05) is 35.9 Å². The van der Waals surface area contributed by atoms with Crippen molar-refractivity contribution in [1.29, 1.82) is 0 Å². The van der Waals surface area contributed by atoms with E-state index in [9.17, 15) is 14.0 Å². The highest BCUT2D eigenvalue weighted by Gasteiger charge is 2.28. The van der Waals surface area contributed by atoms with Crippen molar-refractivity contribution >= 4 is 29.3 Å². The van der Waals surface area contributed by atoms with E-state index in [1.807, 2.05) is 30.3 Å². The number of anilines is 1. The summed E-state index contributed by atoms with van der Waals surface area (Å²) in [6, 6.07) is 13.3. The van der Waals surface area contributed by atoms with Gasteiger partial charge >= 0.3 is 12.0 Å². The smallest absolute Gasteiger partial charge is 0.321 e. The molecule has 0 saturated carbocycles. The molecule has 5 nitrogen and oxygen atoms in total. The molecular formula is C20H20ClFN2O3. The molecule has 1 saturated heterocycles. The molecule has 1 N–H and O–H groups in total. The zero-order chi connectivity index (χ0) is 19.2. The summed E-state index contributed by atoms with van der Waals surface area (Å²) in [7, 11) is 0. The van der Waals surface area contributed by atoms with Gasteiger partial charge in [-0.05, 0) is 37.1 Å². The molecule has 0 unspecified atom stereocenters. The van der Waals surface area contributed by atoms with E-state index < -0.39 is 11.8 Å². The molecule has 0 aliphatic carbocycles. The molecule has 2 aromatic rings. The van der Waals surface area contributed by atoms with Crippen molar-refractivity contribution < 1.29 is 18.7 Å². The lowest BCUT2D eigenvalue weighted by molar-refractivity contribution is -0.151. The van der Waals surface area contributed by atoms with E-state index in [0.717, 1.165) is 5.69 Å². The Morgan fingerprint density at radius 2 is 1.81 bits per heavy atom. The van der Waals surface area contributed by atoms with E-state index in [1.54, 1.807) is 11.0 Å². The summed E-state index contributed by atoms with van der Waals surface area (Å²) in [5.74, 6) is -1.20. The normalized spacial score (nSPS) is 14.7. The number of likely N-dealkylation sites (tertiary alicyclic amines) is 1. The van der Waals surface area contributed by atoms with Crippen LogP contribution in [0.25, 0.3) is 0 Å². The SMILES string of the molecule is O=C(OCc1c(F)cccc1Cl)C1CCN(C(=O)Nc2ccccc2)CC1. The van der Waals surface area contributed by atoms with Crippen LogP contribution in [0.5, 0.6) is 0 Å². The van der Waals surface area contributed by atoms with Gasteiger partial charge in [0.2, 0.25) is 0 Å². The van der Waals surface area contributed by atoms with Crippen LogP contribution in [0.3, 0.4) is 0 Å². The molecule has 27 heavy (non-hydrogen) atoms. The van der Waals surface area contributed by atoms with Gasteiger partial charge in [0.05, 0.1) is 10.9 Å². The fraction of sp³-hybridized carbons (Fsp3) is 0.300. The molecule has 142 valence electrons. The first-order valence-electron chi connectivity index (χ1n) is 8.75. The molecule has 0 spiro atoms. The van der Waals surface area contributed by atoms with E-state index >= 15 is 0 Å². The number of halogens is 2. The Kier molecular flexibility index (Phi) is 6.29. The Bertz CT molecular complexity index is 788. The molecule has 7 heteroatoms. The number of piperidine rings is 1. The van der Waals surface area contributed by atoms with Crippen molar-refractivity contribution in [3.8, 4) is 0 Å². The monoisotopic (exact) mass is 390 g/mol. The number of amides is 2. The van der Waals surface area contributed by atoms with E-state index in [0.29, 0.717) is 25.9 Å². The highest BCUT2D eigenvalue weighted by atomic mass is 35.5. The van der Waals surface area contributed by atoms with Crippen LogP contribution in [0.1, 0.15) is 18.4 Å². The maximum atomic E-state index is 13.7. The largest absolute Gasteiger partial charge is 0.460 e. The lowest BCUT2D eigenvalue weighted by atomic mass is 9.97. The Morgan fingerprint density at radius 1 is 1.11 bits per heavy atom. The van der Waals surface area contributed by atoms with Gasteiger partial charge in [0.25, 0.3) is 0 Å². The van der Waals surface area contributed by atoms with E-state index in [1.165, 1.54) is 12.1 Å². The second kappa shape index (κ2) is 8.86. The predicted molar refractivity (Wildman–Crippen MR) is 101 cm³/mol. The van der Waals surface area contributed by atoms with Crippen LogP contribution in [0.15, 0.2) is 48.5 Å². The highest BCUT2D eigenvalue weighted by molar-refractivity contribution is 6.31. The van der Waals surface area contributed by atoms with Crippen molar-refractivity contribution in [1.82, 2.24) is 4.90 Å². The molecule has 2 amide bonds. The fourth-order valence-corrected chi connectivity index (χ4v) is 3.19. The number of ether oxygens (including phenoxy) is 1. The van der Waals surface area contributed by atoms with Crippen LogP contribution in [0.4, 0.5) is 14.9 Å². The van der Waals surface area contributed by atoms with Crippen LogP contribution < -0.4 is 5.32 Å². The second-order valence-corrected chi connectivity index (χ2v) is 6.77. The van der Waals surface area contributed by atoms with E-state index in [4.69, 9.17) is 16.3 Å². The zero-order valence-corrected chi connectivity index (χ0v) is 15.4. The molecule has 0 aromatic heterocycles. The lowest BCUT2D eigenvalue weighted by Gasteiger charge is -2.31. The summed E-state index contributed by atoms with van der Waals surface area (Å²) < 4.78 is 19.0. The average molecular weight is 391 g/mol. The van der Waals surface area contributed by atoms with Crippen LogP contribution in [0.2, 0.25) is 5.02 Å². The van der Waals surface area contributed by atoms with Gasteiger partial charge in [0.15, 0.2) is 0 Å². The number of hydrogen-bond acceptors (Lipinski definition) is 3. The molecule has 2 aromatic carbocycles. The highest BCUT2D eigenvalue weighted by Crippen LogP contribution is 2.23. The van der Waals surface area contributed by atoms with Crippen molar-refractivity contribution in [2.24, 2.45) is 5.92 Å². The molecule has 1 heterocycles. The summed E-state index contributed by atoms with van der Waals surface area (Å²) in [5.41, 5.74) is 0.901. The molecule has 1 fully saturated rings. The number of benzene rings is 2.